The van der Waals surface area contributed by atoms with Crippen LogP contribution in [0.15, 0.2) is 47.4 Å². The van der Waals surface area contributed by atoms with Gasteiger partial charge in [0.25, 0.3) is 11.8 Å². The van der Waals surface area contributed by atoms with E-state index < -0.39 is 29.4 Å². The number of primary amides is 2. The third-order valence-electron chi connectivity index (χ3n) is 10.6. The van der Waals surface area contributed by atoms with Gasteiger partial charge in [-0.1, -0.05) is 12.2 Å². The Labute approximate surface area is 365 Å². The fourth-order valence-corrected chi connectivity index (χ4v) is 8.17. The van der Waals surface area contributed by atoms with Crippen LogP contribution in [-0.2, 0) is 30.9 Å². The van der Waals surface area contributed by atoms with Gasteiger partial charge in [-0.3, -0.25) is 44.1 Å². The van der Waals surface area contributed by atoms with Crippen molar-refractivity contribution in [3.05, 3.63) is 82.2 Å². The first-order valence-electron chi connectivity index (χ1n) is 20.5. The van der Waals surface area contributed by atoms with Gasteiger partial charge in [-0.05, 0) is 70.7 Å². The van der Waals surface area contributed by atoms with Crippen molar-refractivity contribution in [1.29, 1.82) is 0 Å². The number of fused-ring (bicyclic) bond motifs is 2. The number of nitrogens with two attached hydrogens (primary N) is 2. The number of ether oxygens (including phenoxy) is 2. The number of allylic oxidation sites excluding steroid dienone is 2. The molecule has 4 aromatic heterocycles. The van der Waals surface area contributed by atoms with Crippen molar-refractivity contribution in [2.75, 3.05) is 56.3 Å². The van der Waals surface area contributed by atoms with Gasteiger partial charge in [-0.25, -0.2) is 14.4 Å². The van der Waals surface area contributed by atoms with Gasteiger partial charge >= 0.3 is 0 Å². The third kappa shape index (κ3) is 9.44. The van der Waals surface area contributed by atoms with Crippen molar-refractivity contribution in [2.24, 2.45) is 11.5 Å². The van der Waals surface area contributed by atoms with Crippen LogP contribution < -0.4 is 26.8 Å². The lowest BCUT2D eigenvalue weighted by molar-refractivity contribution is 0.0358. The quantitative estimate of drug-likeness (QED) is 0.0536. The molecule has 6 N–H and O–H groups in total. The number of rotatable bonds is 18. The summed E-state index contributed by atoms with van der Waals surface area (Å²) in [6, 6.07) is 8.01. The highest BCUT2D eigenvalue weighted by Crippen LogP contribution is 2.33. The lowest BCUT2D eigenvalue weighted by Crippen LogP contribution is -2.37. The second kappa shape index (κ2) is 19.2. The number of anilines is 2. The third-order valence-corrected chi connectivity index (χ3v) is 11.3. The lowest BCUT2D eigenvalue weighted by Gasteiger charge is -2.26. The second-order valence-electron chi connectivity index (χ2n) is 14.8. The second-order valence-corrected chi connectivity index (χ2v) is 15.6. The molecule has 1 saturated heterocycles. The number of hydrogen-bond acceptors (Lipinski definition) is 12. The molecule has 21 heteroatoms. The van der Waals surface area contributed by atoms with Gasteiger partial charge in [0.15, 0.2) is 11.5 Å². The van der Waals surface area contributed by atoms with Crippen LogP contribution in [0.5, 0.6) is 5.75 Å². The van der Waals surface area contributed by atoms with Crippen molar-refractivity contribution in [3.8, 4) is 5.75 Å². The smallest absolute Gasteiger partial charge is 0.279 e. The van der Waals surface area contributed by atoms with Crippen LogP contribution in [0.1, 0.15) is 73.3 Å². The summed E-state index contributed by atoms with van der Waals surface area (Å²) in [4.78, 5) is 64.8. The molecule has 5 heterocycles. The fourth-order valence-electron chi connectivity index (χ4n) is 7.51. The normalized spacial score (nSPS) is 13.4. The number of imidazole rings is 2. The molecule has 1 aliphatic rings. The lowest BCUT2D eigenvalue weighted by atomic mass is 10.1. The minimum atomic E-state index is -0.775. The standard InChI is InChI=1S/C42H50FN13O6S/c1-6-55-30(19-24(3)50-55)39(59)48-41-47-29-21-27(38(45)58)23-32(63-5)35(29)54(41)13-9-8-12-53-34-28(46-42(53)49-40(60)36-33(43)25(4)51-56(36)7-2)20-26(37(44)57)22-31(34)62-16-10-11-52-14-17-61-18-15-52/h8-9,19-23H,6-7,10-18H2,1-5H3,(H2,44,57)(H2,45,58)(H,46,49,60)(H,47,48,59)/b9-8+. The van der Waals surface area contributed by atoms with Gasteiger partial charge in [0.1, 0.15) is 17.0 Å². The Morgan fingerprint density at radius 2 is 1.44 bits per heavy atom. The summed E-state index contributed by atoms with van der Waals surface area (Å²) in [6.45, 7) is 12.0. The Kier molecular flexibility index (Phi) is 13.6. The molecular weight excluding hydrogens is 834 g/mol. The molecule has 0 radical (unpaired) electrons. The summed E-state index contributed by atoms with van der Waals surface area (Å²) in [7, 11) is 0. The van der Waals surface area contributed by atoms with Crippen molar-refractivity contribution in [1.82, 2.24) is 43.6 Å². The molecule has 1 fully saturated rings. The average Bonchev–Trinajstić information content (AvgIpc) is 4.01. The zero-order valence-electron chi connectivity index (χ0n) is 35.7. The van der Waals surface area contributed by atoms with Gasteiger partial charge in [-0.2, -0.15) is 10.2 Å². The predicted octanol–water partition coefficient (Wildman–Crippen LogP) is 4.36. The Morgan fingerprint density at radius 3 is 2.06 bits per heavy atom. The van der Waals surface area contributed by atoms with E-state index in [-0.39, 0.29) is 54.0 Å². The van der Waals surface area contributed by atoms with Gasteiger partial charge < -0.3 is 30.1 Å². The van der Waals surface area contributed by atoms with Crippen molar-refractivity contribution in [2.45, 2.75) is 65.2 Å². The predicted molar refractivity (Wildman–Crippen MR) is 236 cm³/mol. The van der Waals surface area contributed by atoms with E-state index in [1.54, 1.807) is 47.4 Å². The number of aryl methyl sites for hydroxylation is 4. The molecule has 0 atom stereocenters. The number of morpholine rings is 1. The molecule has 332 valence electrons. The van der Waals surface area contributed by atoms with E-state index in [1.807, 2.05) is 29.9 Å². The average molecular weight is 884 g/mol. The number of carbonyl (C=O) groups excluding carboxylic acids is 4. The number of hydrogen-bond donors (Lipinski definition) is 4. The maximum atomic E-state index is 15.3. The molecule has 0 spiro atoms. The van der Waals surface area contributed by atoms with E-state index in [0.717, 1.165) is 19.6 Å². The summed E-state index contributed by atoms with van der Waals surface area (Å²) in [5.74, 6) is -2.69. The highest BCUT2D eigenvalue weighted by molar-refractivity contribution is 7.98. The SMILES string of the molecule is CCn1nc(C)cc1C(=O)Nc1nc2cc(C(N)=O)cc(SC)c2n1C/C=C/Cn1c(NC(=O)c2c(F)c(C)nn2CC)nc2cc(C(N)=O)cc(OCCCN3CCOCC3)c21. The maximum absolute atomic E-state index is 15.3. The molecule has 6 aromatic rings. The fraction of sp³-hybridized carbons (Fsp3) is 0.381. The molecule has 63 heavy (non-hydrogen) atoms. The van der Waals surface area contributed by atoms with E-state index in [2.05, 4.69) is 25.7 Å². The van der Waals surface area contributed by atoms with Crippen LogP contribution in [0.2, 0.25) is 0 Å². The van der Waals surface area contributed by atoms with Gasteiger partial charge in [0.05, 0.1) is 47.8 Å². The number of amides is 4. The van der Waals surface area contributed by atoms with Crippen LogP contribution in [0, 0.1) is 19.7 Å². The van der Waals surface area contributed by atoms with Gasteiger partial charge in [0, 0.05) is 61.8 Å². The number of aromatic nitrogens is 8. The summed E-state index contributed by atoms with van der Waals surface area (Å²) in [6.07, 6.45) is 6.21. The number of carbonyl (C=O) groups is 4. The highest BCUT2D eigenvalue weighted by atomic mass is 32.2. The Bertz CT molecular complexity index is 2750. The topological polar surface area (TPSA) is 237 Å². The van der Waals surface area contributed by atoms with Crippen LogP contribution in [0.25, 0.3) is 22.1 Å². The van der Waals surface area contributed by atoms with Crippen LogP contribution in [0.3, 0.4) is 0 Å². The van der Waals surface area contributed by atoms with Gasteiger partial charge in [0.2, 0.25) is 23.7 Å². The molecular formula is C42H50FN13O6S. The maximum Gasteiger partial charge on any atom is 0.279 e. The van der Waals surface area contributed by atoms with Gasteiger partial charge in [-0.15, -0.1) is 11.8 Å². The Morgan fingerprint density at radius 1 is 0.841 bits per heavy atom. The molecule has 0 aliphatic carbocycles. The number of benzene rings is 2. The summed E-state index contributed by atoms with van der Waals surface area (Å²) < 4.78 is 33.5. The minimum absolute atomic E-state index is 0.0489. The van der Waals surface area contributed by atoms with E-state index in [4.69, 9.17) is 30.9 Å². The summed E-state index contributed by atoms with van der Waals surface area (Å²) in [5, 5.41) is 14.3. The van der Waals surface area contributed by atoms with Crippen molar-refractivity contribution >= 4 is 69.4 Å². The molecule has 0 bridgehead atoms. The number of nitrogens with one attached hydrogen (secondary N) is 2. The van der Waals surface area contributed by atoms with E-state index >= 15 is 4.39 Å². The first kappa shape index (κ1) is 44.5. The number of halogens is 1. The van der Waals surface area contributed by atoms with E-state index in [1.165, 1.54) is 29.4 Å². The van der Waals surface area contributed by atoms with Crippen LogP contribution >= 0.6 is 11.8 Å². The largest absolute Gasteiger partial charge is 0.491 e. The molecule has 19 nitrogen and oxygen atoms in total. The molecule has 0 unspecified atom stereocenters. The number of nitrogens with zero attached hydrogens (tertiary/aromatic N) is 9. The molecule has 4 amide bonds. The molecule has 0 saturated carbocycles. The van der Waals surface area contributed by atoms with Crippen molar-refractivity contribution in [3.63, 3.8) is 0 Å². The Hall–Kier alpha value is -6.58. The first-order valence-corrected chi connectivity index (χ1v) is 21.7. The van der Waals surface area contributed by atoms with Crippen LogP contribution in [-0.4, -0.2) is 113 Å². The first-order chi connectivity index (χ1) is 30.3. The molecule has 7 rings (SSSR count). The van der Waals surface area contributed by atoms with Crippen LogP contribution in [0.4, 0.5) is 16.3 Å². The molecule has 1 aliphatic heterocycles. The van der Waals surface area contributed by atoms with Crippen molar-refractivity contribution < 1.29 is 33.0 Å². The monoisotopic (exact) mass is 883 g/mol. The number of thioether (sulfide) groups is 1. The van der Waals surface area contributed by atoms with E-state index in [9.17, 15) is 19.2 Å². The van der Waals surface area contributed by atoms with E-state index in [0.29, 0.717) is 76.9 Å². The zero-order valence-corrected chi connectivity index (χ0v) is 36.6. The molecule has 2 aromatic carbocycles. The highest BCUT2D eigenvalue weighted by Gasteiger charge is 2.26. The minimum Gasteiger partial charge on any atom is -0.491 e. The Balaban J connectivity index is 1.26. The summed E-state index contributed by atoms with van der Waals surface area (Å²) in [5.41, 5.74) is 14.6. The summed E-state index contributed by atoms with van der Waals surface area (Å²) >= 11 is 1.39. The zero-order chi connectivity index (χ0) is 44.9.